The predicted molar refractivity (Wildman–Crippen MR) is 95.5 cm³/mol. The van der Waals surface area contributed by atoms with Crippen LogP contribution in [0.5, 0.6) is 0 Å². The van der Waals surface area contributed by atoms with Gasteiger partial charge in [-0.1, -0.05) is 41.1 Å². The van der Waals surface area contributed by atoms with Crippen LogP contribution in [-0.2, 0) is 0 Å². The molecule has 0 aliphatic heterocycles. The number of carbonyl (C=O) groups is 2. The van der Waals surface area contributed by atoms with Gasteiger partial charge in [-0.3, -0.25) is 9.59 Å². The molecule has 0 saturated carbocycles. The zero-order valence-electron chi connectivity index (χ0n) is 14.8. The number of carbonyl (C=O) groups excluding carboxylic acids is 2. The van der Waals surface area contributed by atoms with E-state index in [1.807, 2.05) is 19.1 Å². The summed E-state index contributed by atoms with van der Waals surface area (Å²) in [6.45, 7) is 1.90. The van der Waals surface area contributed by atoms with E-state index >= 15 is 0 Å². The number of hydrogen-bond acceptors (Lipinski definition) is 5. The van der Waals surface area contributed by atoms with Gasteiger partial charge >= 0.3 is 11.8 Å². The van der Waals surface area contributed by atoms with Crippen molar-refractivity contribution < 1.29 is 22.9 Å². The number of nitrogens with zero attached hydrogens (tertiary/aromatic N) is 2. The van der Waals surface area contributed by atoms with E-state index < -0.39 is 29.0 Å². The van der Waals surface area contributed by atoms with E-state index in [1.165, 1.54) is 0 Å². The maximum absolute atomic E-state index is 13.5. The van der Waals surface area contributed by atoms with Gasteiger partial charge in [0, 0.05) is 18.7 Å². The van der Waals surface area contributed by atoms with Gasteiger partial charge in [-0.25, -0.2) is 8.78 Å². The fourth-order valence-electron chi connectivity index (χ4n) is 2.37. The topological polar surface area (TPSA) is 97.1 Å². The van der Waals surface area contributed by atoms with Gasteiger partial charge in [0.05, 0.1) is 0 Å². The van der Waals surface area contributed by atoms with Crippen molar-refractivity contribution >= 4 is 11.8 Å². The Morgan fingerprint density at radius 3 is 2.21 bits per heavy atom. The summed E-state index contributed by atoms with van der Waals surface area (Å²) in [4.78, 5) is 27.9. The van der Waals surface area contributed by atoms with Crippen molar-refractivity contribution in [2.45, 2.75) is 6.92 Å². The van der Waals surface area contributed by atoms with E-state index in [4.69, 9.17) is 4.52 Å². The lowest BCUT2D eigenvalue weighted by molar-refractivity contribution is 0.0896. The average Bonchev–Trinajstić information content (AvgIpc) is 3.16. The van der Waals surface area contributed by atoms with E-state index in [2.05, 4.69) is 20.8 Å². The molecule has 0 unspecified atom stereocenters. The molecule has 28 heavy (non-hydrogen) atoms. The van der Waals surface area contributed by atoms with Crippen LogP contribution in [0.3, 0.4) is 0 Å². The van der Waals surface area contributed by atoms with Crippen LogP contribution in [-0.4, -0.2) is 35.0 Å². The van der Waals surface area contributed by atoms with Crippen LogP contribution in [0.2, 0.25) is 0 Å². The van der Waals surface area contributed by atoms with Crippen molar-refractivity contribution in [3.63, 3.8) is 0 Å². The SMILES string of the molecule is Cc1ccc(-c2noc(C(=O)NCCNC(=O)c3c(F)cccc3F)n2)cc1. The fourth-order valence-corrected chi connectivity index (χ4v) is 2.37. The Balaban J connectivity index is 1.51. The maximum atomic E-state index is 13.5. The van der Waals surface area contributed by atoms with Crippen LogP contribution in [0.25, 0.3) is 11.4 Å². The van der Waals surface area contributed by atoms with Crippen molar-refractivity contribution in [1.29, 1.82) is 0 Å². The van der Waals surface area contributed by atoms with Crippen molar-refractivity contribution in [2.24, 2.45) is 0 Å². The Morgan fingerprint density at radius 1 is 0.964 bits per heavy atom. The zero-order chi connectivity index (χ0) is 20.1. The van der Waals surface area contributed by atoms with Gasteiger partial charge in [0.15, 0.2) is 0 Å². The first-order chi connectivity index (χ1) is 13.5. The largest absolute Gasteiger partial charge is 0.350 e. The van der Waals surface area contributed by atoms with Crippen LogP contribution in [0.1, 0.15) is 26.6 Å². The van der Waals surface area contributed by atoms with Crippen molar-refractivity contribution in [3.05, 3.63) is 71.1 Å². The van der Waals surface area contributed by atoms with Gasteiger partial charge in [-0.05, 0) is 19.1 Å². The first-order valence-corrected chi connectivity index (χ1v) is 8.37. The van der Waals surface area contributed by atoms with Crippen LogP contribution >= 0.6 is 0 Å². The number of nitrogens with one attached hydrogen (secondary N) is 2. The van der Waals surface area contributed by atoms with Crippen LogP contribution in [0, 0.1) is 18.6 Å². The third-order valence-corrected chi connectivity index (χ3v) is 3.82. The van der Waals surface area contributed by atoms with Crippen molar-refractivity contribution in [3.8, 4) is 11.4 Å². The van der Waals surface area contributed by atoms with Crippen molar-refractivity contribution in [2.75, 3.05) is 13.1 Å². The van der Waals surface area contributed by atoms with Crippen LogP contribution in [0.15, 0.2) is 47.0 Å². The second-order valence-electron chi connectivity index (χ2n) is 5.90. The molecule has 2 aromatic carbocycles. The quantitative estimate of drug-likeness (QED) is 0.635. The Kier molecular flexibility index (Phi) is 5.73. The molecule has 9 heteroatoms. The molecule has 1 heterocycles. The van der Waals surface area contributed by atoms with Gasteiger partial charge < -0.3 is 15.2 Å². The molecule has 0 radical (unpaired) electrons. The standard InChI is InChI=1S/C19H16F2N4O3/c1-11-5-7-12(8-6-11)16-24-19(28-25-16)18(27)23-10-9-22-17(26)15-13(20)3-2-4-14(15)21/h2-8H,9-10H2,1H3,(H,22,26)(H,23,27). The minimum Gasteiger partial charge on any atom is -0.350 e. The summed E-state index contributed by atoms with van der Waals surface area (Å²) >= 11 is 0. The van der Waals surface area contributed by atoms with Gasteiger partial charge in [0.25, 0.3) is 5.91 Å². The highest BCUT2D eigenvalue weighted by molar-refractivity contribution is 5.94. The molecule has 0 atom stereocenters. The third kappa shape index (κ3) is 4.37. The molecule has 0 aliphatic rings. The van der Waals surface area contributed by atoms with E-state index in [-0.39, 0.29) is 24.8 Å². The number of aryl methyl sites for hydroxylation is 1. The van der Waals surface area contributed by atoms with Crippen molar-refractivity contribution in [1.82, 2.24) is 20.8 Å². The third-order valence-electron chi connectivity index (χ3n) is 3.82. The minimum absolute atomic E-state index is 0.00287. The molecule has 0 spiro atoms. The van der Waals surface area contributed by atoms with E-state index in [1.54, 1.807) is 12.1 Å². The molecule has 144 valence electrons. The Labute approximate surface area is 158 Å². The fraction of sp³-hybridized carbons (Fsp3) is 0.158. The number of hydrogen-bond donors (Lipinski definition) is 2. The normalized spacial score (nSPS) is 10.5. The van der Waals surface area contributed by atoms with Crippen LogP contribution < -0.4 is 10.6 Å². The zero-order valence-corrected chi connectivity index (χ0v) is 14.8. The smallest absolute Gasteiger partial charge is 0.316 e. The van der Waals surface area contributed by atoms with Gasteiger partial charge in [-0.15, -0.1) is 0 Å². The Bertz CT molecular complexity index is 982. The lowest BCUT2D eigenvalue weighted by Gasteiger charge is -2.07. The molecule has 3 aromatic rings. The molecule has 7 nitrogen and oxygen atoms in total. The summed E-state index contributed by atoms with van der Waals surface area (Å²) < 4.78 is 32.0. The Morgan fingerprint density at radius 2 is 1.57 bits per heavy atom. The number of halogens is 2. The van der Waals surface area contributed by atoms with Gasteiger partial charge in [0.1, 0.15) is 17.2 Å². The molecule has 0 saturated heterocycles. The second-order valence-corrected chi connectivity index (χ2v) is 5.90. The molecular formula is C19H16F2N4O3. The number of benzene rings is 2. The summed E-state index contributed by atoms with van der Waals surface area (Å²) in [5, 5.41) is 8.55. The summed E-state index contributed by atoms with van der Waals surface area (Å²) in [5.41, 5.74) is 1.10. The van der Waals surface area contributed by atoms with E-state index in [9.17, 15) is 18.4 Å². The summed E-state index contributed by atoms with van der Waals surface area (Å²) in [5.74, 6) is -3.43. The molecule has 2 amide bonds. The summed E-state index contributed by atoms with van der Waals surface area (Å²) in [6.07, 6.45) is 0. The second kappa shape index (κ2) is 8.38. The molecular weight excluding hydrogens is 370 g/mol. The molecule has 0 fully saturated rings. The van der Waals surface area contributed by atoms with Crippen LogP contribution in [0.4, 0.5) is 8.78 Å². The van der Waals surface area contributed by atoms with E-state index in [0.717, 1.165) is 23.8 Å². The number of aromatic nitrogens is 2. The lowest BCUT2D eigenvalue weighted by Crippen LogP contribution is -2.35. The average molecular weight is 386 g/mol. The highest BCUT2D eigenvalue weighted by Crippen LogP contribution is 2.16. The highest BCUT2D eigenvalue weighted by Gasteiger charge is 2.18. The molecule has 1 aromatic heterocycles. The Hall–Kier alpha value is -3.62. The maximum Gasteiger partial charge on any atom is 0.316 e. The summed E-state index contributed by atoms with van der Waals surface area (Å²) in [6, 6.07) is 10.5. The summed E-state index contributed by atoms with van der Waals surface area (Å²) in [7, 11) is 0. The lowest BCUT2D eigenvalue weighted by atomic mass is 10.1. The number of amides is 2. The number of rotatable bonds is 6. The predicted octanol–water partition coefficient (Wildman–Crippen LogP) is 2.48. The molecule has 0 bridgehead atoms. The molecule has 3 rings (SSSR count). The monoisotopic (exact) mass is 386 g/mol. The van der Waals surface area contributed by atoms with Gasteiger partial charge in [-0.2, -0.15) is 4.98 Å². The highest BCUT2D eigenvalue weighted by atomic mass is 19.1. The first kappa shape index (κ1) is 19.2. The molecule has 0 aliphatic carbocycles. The molecule has 2 N–H and O–H groups in total. The van der Waals surface area contributed by atoms with Gasteiger partial charge in [0.2, 0.25) is 5.82 Å². The first-order valence-electron chi connectivity index (χ1n) is 8.37. The minimum atomic E-state index is -0.962. The van der Waals surface area contributed by atoms with E-state index in [0.29, 0.717) is 5.56 Å².